The summed E-state index contributed by atoms with van der Waals surface area (Å²) in [6.45, 7) is 9.32. The lowest BCUT2D eigenvalue weighted by molar-refractivity contribution is -0.158. The second-order valence-corrected chi connectivity index (χ2v) is 7.12. The van der Waals surface area contributed by atoms with Crippen molar-refractivity contribution in [3.63, 3.8) is 0 Å². The molecule has 9 heteroatoms. The van der Waals surface area contributed by atoms with E-state index in [-0.39, 0.29) is 17.8 Å². The quantitative estimate of drug-likeness (QED) is 0.707. The van der Waals surface area contributed by atoms with Crippen molar-refractivity contribution in [2.75, 3.05) is 0 Å². The van der Waals surface area contributed by atoms with E-state index in [4.69, 9.17) is 15.0 Å². The van der Waals surface area contributed by atoms with Gasteiger partial charge in [0.25, 0.3) is 5.91 Å². The van der Waals surface area contributed by atoms with Crippen LogP contribution in [0.4, 0.5) is 4.79 Å². The van der Waals surface area contributed by atoms with Gasteiger partial charge in [-0.2, -0.15) is 4.98 Å². The molecule has 1 rings (SSSR count). The van der Waals surface area contributed by atoms with E-state index in [9.17, 15) is 14.4 Å². The molecule has 1 aromatic heterocycles. The third-order valence-corrected chi connectivity index (χ3v) is 3.28. The summed E-state index contributed by atoms with van der Waals surface area (Å²) in [4.78, 5) is 38.8. The predicted molar refractivity (Wildman–Crippen MR) is 88.4 cm³/mol. The molecule has 0 bridgehead atoms. The van der Waals surface area contributed by atoms with E-state index >= 15 is 0 Å². The Kier molecular flexibility index (Phi) is 7.08. The number of nitrogens with zero attached hydrogens (tertiary/aromatic N) is 2. The molecule has 0 aliphatic heterocycles. The number of aryl methyl sites for hydroxylation is 1. The average molecular weight is 354 g/mol. The van der Waals surface area contributed by atoms with Crippen LogP contribution >= 0.6 is 0 Å². The normalized spacial score (nSPS) is 12.7. The predicted octanol–water partition coefficient (Wildman–Crippen LogP) is 1.45. The molecular weight excluding hydrogens is 328 g/mol. The summed E-state index contributed by atoms with van der Waals surface area (Å²) in [5.41, 5.74) is 4.70. The first-order valence-corrected chi connectivity index (χ1v) is 8.13. The first-order valence-electron chi connectivity index (χ1n) is 8.13. The molecule has 0 fully saturated rings. The van der Waals surface area contributed by atoms with Crippen molar-refractivity contribution in [2.24, 2.45) is 11.7 Å². The highest BCUT2D eigenvalue weighted by Crippen LogP contribution is 2.19. The van der Waals surface area contributed by atoms with Crippen molar-refractivity contribution >= 4 is 17.9 Å². The molecule has 140 valence electrons. The van der Waals surface area contributed by atoms with Gasteiger partial charge in [0.15, 0.2) is 11.9 Å². The topological polar surface area (TPSA) is 137 Å². The Morgan fingerprint density at radius 2 is 1.92 bits per heavy atom. The van der Waals surface area contributed by atoms with Crippen LogP contribution in [0.2, 0.25) is 0 Å². The lowest BCUT2D eigenvalue weighted by Crippen LogP contribution is -2.45. The first kappa shape index (κ1) is 20.6. The third-order valence-electron chi connectivity index (χ3n) is 3.28. The number of carbonyl (C=O) groups is 3. The summed E-state index contributed by atoms with van der Waals surface area (Å²) < 4.78 is 10.3. The summed E-state index contributed by atoms with van der Waals surface area (Å²) in [6, 6.07) is -0.988. The van der Waals surface area contributed by atoms with Gasteiger partial charge in [-0.1, -0.05) is 39.8 Å². The van der Waals surface area contributed by atoms with Crippen molar-refractivity contribution in [1.82, 2.24) is 15.5 Å². The fourth-order valence-corrected chi connectivity index (χ4v) is 1.93. The van der Waals surface area contributed by atoms with Gasteiger partial charge in [-0.25, -0.2) is 4.79 Å². The number of esters is 1. The number of amides is 3. The van der Waals surface area contributed by atoms with Gasteiger partial charge in [-0.05, 0) is 12.3 Å². The maximum absolute atomic E-state index is 11.9. The van der Waals surface area contributed by atoms with E-state index in [1.54, 1.807) is 13.8 Å². The molecule has 9 nitrogen and oxygen atoms in total. The molecule has 1 heterocycles. The van der Waals surface area contributed by atoms with Crippen LogP contribution in [0.15, 0.2) is 4.52 Å². The van der Waals surface area contributed by atoms with E-state index in [1.807, 2.05) is 26.1 Å². The molecule has 3 N–H and O–H groups in total. The molecular formula is C16H26N4O5. The summed E-state index contributed by atoms with van der Waals surface area (Å²) in [5, 5.41) is 5.83. The maximum atomic E-state index is 11.9. The summed E-state index contributed by atoms with van der Waals surface area (Å²) in [6.07, 6.45) is -0.124. The number of hydrogen-bond acceptors (Lipinski definition) is 7. The minimum Gasteiger partial charge on any atom is -0.452 e. The monoisotopic (exact) mass is 354 g/mol. The Morgan fingerprint density at radius 1 is 1.28 bits per heavy atom. The van der Waals surface area contributed by atoms with E-state index in [0.717, 1.165) is 0 Å². The van der Waals surface area contributed by atoms with Crippen LogP contribution in [0.25, 0.3) is 0 Å². The highest BCUT2D eigenvalue weighted by atomic mass is 16.5. The van der Waals surface area contributed by atoms with E-state index < -0.39 is 24.0 Å². The van der Waals surface area contributed by atoms with Gasteiger partial charge < -0.3 is 15.0 Å². The number of ether oxygens (including phenoxy) is 1. The van der Waals surface area contributed by atoms with Crippen molar-refractivity contribution in [2.45, 2.75) is 65.4 Å². The van der Waals surface area contributed by atoms with Crippen molar-refractivity contribution in [1.29, 1.82) is 0 Å². The summed E-state index contributed by atoms with van der Waals surface area (Å²) in [7, 11) is 0. The number of nitrogens with one attached hydrogen (secondary N) is 1. The van der Waals surface area contributed by atoms with E-state index in [0.29, 0.717) is 24.6 Å². The fourth-order valence-electron chi connectivity index (χ4n) is 1.93. The second-order valence-electron chi connectivity index (χ2n) is 7.12. The molecule has 0 saturated heterocycles. The molecule has 0 aliphatic carbocycles. The van der Waals surface area contributed by atoms with Crippen molar-refractivity contribution in [3.8, 4) is 0 Å². The first-order chi connectivity index (χ1) is 11.5. The van der Waals surface area contributed by atoms with Gasteiger partial charge in [-0.15, -0.1) is 0 Å². The van der Waals surface area contributed by atoms with E-state index in [2.05, 4.69) is 10.1 Å². The van der Waals surface area contributed by atoms with Crippen LogP contribution in [0.5, 0.6) is 0 Å². The van der Waals surface area contributed by atoms with Crippen LogP contribution in [0.1, 0.15) is 59.2 Å². The molecule has 25 heavy (non-hydrogen) atoms. The van der Waals surface area contributed by atoms with Crippen LogP contribution in [0, 0.1) is 5.92 Å². The molecule has 1 atom stereocenters. The summed E-state index contributed by atoms with van der Waals surface area (Å²) >= 11 is 0. The number of urea groups is 1. The Morgan fingerprint density at radius 3 is 2.40 bits per heavy atom. The number of carbonyl (C=O) groups excluding carboxylic acids is 3. The molecule has 1 unspecified atom stereocenters. The highest BCUT2D eigenvalue weighted by molar-refractivity contribution is 5.96. The Bertz CT molecular complexity index is 618. The van der Waals surface area contributed by atoms with Gasteiger partial charge >= 0.3 is 12.0 Å². The average Bonchev–Trinajstić information content (AvgIpc) is 2.92. The zero-order valence-electron chi connectivity index (χ0n) is 15.3. The number of primary amides is 1. The number of hydrogen-bond donors (Lipinski definition) is 2. The smallest absolute Gasteiger partial charge is 0.318 e. The summed E-state index contributed by atoms with van der Waals surface area (Å²) in [5.74, 6) is -0.525. The minimum atomic E-state index is -1.07. The largest absolute Gasteiger partial charge is 0.452 e. The molecule has 1 aromatic rings. The Balaban J connectivity index is 2.49. The van der Waals surface area contributed by atoms with Gasteiger partial charge in [0.2, 0.25) is 5.89 Å². The van der Waals surface area contributed by atoms with Crippen molar-refractivity contribution in [3.05, 3.63) is 11.7 Å². The maximum Gasteiger partial charge on any atom is 0.318 e. The molecule has 0 radical (unpaired) electrons. The van der Waals surface area contributed by atoms with Crippen LogP contribution in [-0.4, -0.2) is 34.2 Å². The lowest BCUT2D eigenvalue weighted by atomic mass is 9.96. The Labute approximate surface area is 146 Å². The van der Waals surface area contributed by atoms with Crippen LogP contribution < -0.4 is 11.1 Å². The highest BCUT2D eigenvalue weighted by Gasteiger charge is 2.27. The zero-order chi connectivity index (χ0) is 19.2. The molecule has 0 saturated carbocycles. The van der Waals surface area contributed by atoms with Crippen LogP contribution in [-0.2, 0) is 26.2 Å². The SMILES string of the molecule is CC(C)C(OC(=O)CCCc1nc(C(C)(C)C)no1)C(=O)NC(N)=O. The fraction of sp³-hybridized carbons (Fsp3) is 0.688. The molecule has 0 aliphatic rings. The van der Waals surface area contributed by atoms with Crippen molar-refractivity contribution < 1.29 is 23.6 Å². The molecule has 0 aromatic carbocycles. The number of rotatable bonds is 7. The van der Waals surface area contributed by atoms with Gasteiger partial charge in [0.1, 0.15) is 0 Å². The zero-order valence-corrected chi connectivity index (χ0v) is 15.3. The van der Waals surface area contributed by atoms with Crippen LogP contribution in [0.3, 0.4) is 0 Å². The second kappa shape index (κ2) is 8.59. The number of nitrogens with two attached hydrogens (primary N) is 1. The molecule has 3 amide bonds. The third kappa shape index (κ3) is 6.90. The van der Waals surface area contributed by atoms with Gasteiger partial charge in [0.05, 0.1) is 0 Å². The standard InChI is InChI=1S/C16H26N4O5/c1-9(2)12(13(22)19-15(17)23)24-11(21)8-6-7-10-18-14(20-25-10)16(3,4)5/h9,12H,6-8H2,1-5H3,(H3,17,19,22,23). The van der Waals surface area contributed by atoms with Gasteiger partial charge in [-0.3, -0.25) is 14.9 Å². The number of aromatic nitrogens is 2. The Hall–Kier alpha value is -2.45. The molecule has 0 spiro atoms. The minimum absolute atomic E-state index is 0.0836. The van der Waals surface area contributed by atoms with Gasteiger partial charge in [0, 0.05) is 18.3 Å². The van der Waals surface area contributed by atoms with E-state index in [1.165, 1.54) is 0 Å². The lowest BCUT2D eigenvalue weighted by Gasteiger charge is -2.19. The number of imide groups is 1.